The lowest BCUT2D eigenvalue weighted by atomic mass is 10.1. The van der Waals surface area contributed by atoms with Crippen molar-refractivity contribution < 1.29 is 9.26 Å². The van der Waals surface area contributed by atoms with Crippen molar-refractivity contribution in [3.63, 3.8) is 0 Å². The van der Waals surface area contributed by atoms with Crippen molar-refractivity contribution in [2.24, 2.45) is 5.73 Å². The van der Waals surface area contributed by atoms with Crippen molar-refractivity contribution in [3.05, 3.63) is 11.7 Å². The van der Waals surface area contributed by atoms with Gasteiger partial charge >= 0.3 is 0 Å². The minimum Gasteiger partial charge on any atom is -0.385 e. The van der Waals surface area contributed by atoms with Crippen LogP contribution in [0.2, 0.25) is 0 Å². The number of aryl methyl sites for hydroxylation is 1. The summed E-state index contributed by atoms with van der Waals surface area (Å²) in [6.07, 6.45) is 1.72. The van der Waals surface area contributed by atoms with E-state index in [1.54, 1.807) is 7.11 Å². The molecule has 2 unspecified atom stereocenters. The van der Waals surface area contributed by atoms with Crippen molar-refractivity contribution in [1.29, 1.82) is 0 Å². The average molecular weight is 243 g/mol. The Hall–Kier alpha value is -0.590. The Bertz CT molecular complexity index is 332. The minimum absolute atomic E-state index is 0.150. The summed E-state index contributed by atoms with van der Waals surface area (Å²) in [6, 6.07) is 0.150. The van der Waals surface area contributed by atoms with Gasteiger partial charge in [-0.2, -0.15) is 16.7 Å². The molecule has 0 saturated carbocycles. The number of aromatic nitrogens is 2. The molecule has 0 bridgehead atoms. The van der Waals surface area contributed by atoms with Gasteiger partial charge < -0.3 is 15.0 Å². The molecule has 2 rings (SSSR count). The van der Waals surface area contributed by atoms with Crippen molar-refractivity contribution in [2.45, 2.75) is 24.8 Å². The molecule has 0 amide bonds. The van der Waals surface area contributed by atoms with Crippen LogP contribution >= 0.6 is 11.8 Å². The van der Waals surface area contributed by atoms with E-state index in [1.165, 1.54) is 0 Å². The van der Waals surface area contributed by atoms with E-state index in [1.807, 2.05) is 11.8 Å². The molecule has 2 N–H and O–H groups in total. The molecule has 0 aliphatic carbocycles. The first-order valence-electron chi connectivity index (χ1n) is 5.46. The maximum atomic E-state index is 5.97. The molecular weight excluding hydrogens is 226 g/mol. The molecule has 1 aromatic heterocycles. The fourth-order valence-electron chi connectivity index (χ4n) is 1.72. The molecule has 0 spiro atoms. The Morgan fingerprint density at radius 1 is 1.56 bits per heavy atom. The minimum atomic E-state index is 0.150. The molecule has 6 heteroatoms. The SMILES string of the molecule is COCCCc1noc(C2CSCC2N)n1. The molecule has 1 aliphatic heterocycles. The van der Waals surface area contributed by atoms with Crippen molar-refractivity contribution in [2.75, 3.05) is 25.2 Å². The second-order valence-electron chi connectivity index (χ2n) is 3.95. The Morgan fingerprint density at radius 2 is 2.44 bits per heavy atom. The molecule has 1 fully saturated rings. The molecule has 1 aliphatic rings. The third-order valence-corrected chi connectivity index (χ3v) is 3.89. The van der Waals surface area contributed by atoms with E-state index in [0.717, 1.165) is 36.8 Å². The molecule has 1 aromatic rings. The number of hydrogen-bond acceptors (Lipinski definition) is 6. The summed E-state index contributed by atoms with van der Waals surface area (Å²) >= 11 is 1.84. The summed E-state index contributed by atoms with van der Waals surface area (Å²) in [5, 5.41) is 3.96. The van der Waals surface area contributed by atoms with Crippen LogP contribution in [0.5, 0.6) is 0 Å². The highest BCUT2D eigenvalue weighted by molar-refractivity contribution is 7.99. The molecule has 1 saturated heterocycles. The topological polar surface area (TPSA) is 74.2 Å². The van der Waals surface area contributed by atoms with Crippen LogP contribution in [0.15, 0.2) is 4.52 Å². The van der Waals surface area contributed by atoms with Crippen LogP contribution in [0.25, 0.3) is 0 Å². The van der Waals surface area contributed by atoms with Crippen molar-refractivity contribution in [1.82, 2.24) is 10.1 Å². The van der Waals surface area contributed by atoms with Gasteiger partial charge in [0.1, 0.15) is 0 Å². The van der Waals surface area contributed by atoms with Gasteiger partial charge in [-0.1, -0.05) is 5.16 Å². The molecule has 16 heavy (non-hydrogen) atoms. The summed E-state index contributed by atoms with van der Waals surface area (Å²) in [4.78, 5) is 4.39. The molecule has 0 radical (unpaired) electrons. The van der Waals surface area contributed by atoms with Gasteiger partial charge in [-0.05, 0) is 6.42 Å². The highest BCUT2D eigenvalue weighted by Crippen LogP contribution is 2.30. The van der Waals surface area contributed by atoms with E-state index in [0.29, 0.717) is 5.89 Å². The van der Waals surface area contributed by atoms with E-state index >= 15 is 0 Å². The Balaban J connectivity index is 1.91. The van der Waals surface area contributed by atoms with E-state index in [4.69, 9.17) is 15.0 Å². The summed E-state index contributed by atoms with van der Waals surface area (Å²) < 4.78 is 10.2. The van der Waals surface area contributed by atoms with Crippen LogP contribution in [-0.4, -0.2) is 41.4 Å². The van der Waals surface area contributed by atoms with Gasteiger partial charge in [-0.25, -0.2) is 0 Å². The standard InChI is InChI=1S/C10H17N3O2S/c1-14-4-2-3-9-12-10(15-13-9)7-5-16-6-8(7)11/h7-8H,2-6,11H2,1H3. The molecular formula is C10H17N3O2S. The molecule has 5 nitrogen and oxygen atoms in total. The zero-order chi connectivity index (χ0) is 11.4. The Morgan fingerprint density at radius 3 is 3.12 bits per heavy atom. The predicted octanol–water partition coefficient (Wildman–Crippen LogP) is 0.806. The van der Waals surface area contributed by atoms with Gasteiger partial charge in [0.25, 0.3) is 0 Å². The van der Waals surface area contributed by atoms with Gasteiger partial charge in [-0.3, -0.25) is 0 Å². The number of thioether (sulfide) groups is 1. The van der Waals surface area contributed by atoms with Crippen LogP contribution in [0.4, 0.5) is 0 Å². The number of ether oxygens (including phenoxy) is 1. The second-order valence-corrected chi connectivity index (χ2v) is 5.03. The summed E-state index contributed by atoms with van der Waals surface area (Å²) in [6.45, 7) is 0.725. The fourth-order valence-corrected chi connectivity index (χ4v) is 3.00. The van der Waals surface area contributed by atoms with Gasteiger partial charge in [0.2, 0.25) is 5.89 Å². The van der Waals surface area contributed by atoms with E-state index < -0.39 is 0 Å². The lowest BCUT2D eigenvalue weighted by Gasteiger charge is -2.07. The molecule has 0 aromatic carbocycles. The normalized spacial score (nSPS) is 25.1. The fraction of sp³-hybridized carbons (Fsp3) is 0.800. The third kappa shape index (κ3) is 2.75. The zero-order valence-corrected chi connectivity index (χ0v) is 10.2. The summed E-state index contributed by atoms with van der Waals surface area (Å²) in [7, 11) is 1.69. The predicted molar refractivity (Wildman–Crippen MR) is 62.5 cm³/mol. The van der Waals surface area contributed by atoms with Crippen LogP contribution in [-0.2, 0) is 11.2 Å². The molecule has 2 heterocycles. The number of hydrogen-bond donors (Lipinski definition) is 1. The summed E-state index contributed by atoms with van der Waals surface area (Å²) in [5.74, 6) is 3.65. The highest BCUT2D eigenvalue weighted by atomic mass is 32.2. The first-order chi connectivity index (χ1) is 7.81. The zero-order valence-electron chi connectivity index (χ0n) is 9.39. The number of rotatable bonds is 5. The quantitative estimate of drug-likeness (QED) is 0.771. The maximum absolute atomic E-state index is 5.97. The van der Waals surface area contributed by atoms with Crippen LogP contribution in [0.1, 0.15) is 24.1 Å². The lowest BCUT2D eigenvalue weighted by molar-refractivity contribution is 0.194. The summed E-state index contributed by atoms with van der Waals surface area (Å²) in [5.41, 5.74) is 5.97. The largest absolute Gasteiger partial charge is 0.385 e. The highest BCUT2D eigenvalue weighted by Gasteiger charge is 2.30. The number of methoxy groups -OCH3 is 1. The van der Waals surface area contributed by atoms with Gasteiger partial charge in [0.05, 0.1) is 5.92 Å². The smallest absolute Gasteiger partial charge is 0.232 e. The Kier molecular flexibility index (Phi) is 4.20. The maximum Gasteiger partial charge on any atom is 0.232 e. The van der Waals surface area contributed by atoms with Crippen LogP contribution in [0.3, 0.4) is 0 Å². The molecule has 2 atom stereocenters. The third-order valence-electron chi connectivity index (χ3n) is 2.67. The van der Waals surface area contributed by atoms with Crippen molar-refractivity contribution >= 4 is 11.8 Å². The van der Waals surface area contributed by atoms with E-state index in [9.17, 15) is 0 Å². The second kappa shape index (κ2) is 5.65. The van der Waals surface area contributed by atoms with Crippen LogP contribution in [0, 0.1) is 0 Å². The molecule has 90 valence electrons. The first kappa shape index (κ1) is 11.9. The van der Waals surface area contributed by atoms with Crippen molar-refractivity contribution in [3.8, 4) is 0 Å². The number of nitrogens with two attached hydrogens (primary N) is 1. The Labute approximate surface area is 99.1 Å². The number of nitrogens with zero attached hydrogens (tertiary/aromatic N) is 2. The van der Waals surface area contributed by atoms with Gasteiger partial charge in [0.15, 0.2) is 5.82 Å². The van der Waals surface area contributed by atoms with E-state index in [-0.39, 0.29) is 12.0 Å². The van der Waals surface area contributed by atoms with Gasteiger partial charge in [-0.15, -0.1) is 0 Å². The monoisotopic (exact) mass is 243 g/mol. The van der Waals surface area contributed by atoms with E-state index in [2.05, 4.69) is 10.1 Å². The van der Waals surface area contributed by atoms with Gasteiger partial charge in [0, 0.05) is 37.7 Å². The lowest BCUT2D eigenvalue weighted by Crippen LogP contribution is -2.26. The first-order valence-corrected chi connectivity index (χ1v) is 6.61. The van der Waals surface area contributed by atoms with Crippen LogP contribution < -0.4 is 5.73 Å². The average Bonchev–Trinajstić information content (AvgIpc) is 2.87.